The maximum Gasteiger partial charge on any atom is 0.240 e. The minimum absolute atomic E-state index is 0.0904. The van der Waals surface area contributed by atoms with Crippen LogP contribution in [0.2, 0.25) is 0 Å². The summed E-state index contributed by atoms with van der Waals surface area (Å²) >= 11 is 0. The second-order valence-electron chi connectivity index (χ2n) is 5.59. The summed E-state index contributed by atoms with van der Waals surface area (Å²) in [5, 5.41) is 13.6. The van der Waals surface area contributed by atoms with Crippen LogP contribution in [-0.2, 0) is 29.9 Å². The first-order chi connectivity index (χ1) is 11.0. The maximum atomic E-state index is 12.5. The quantitative estimate of drug-likeness (QED) is 0.756. The first-order valence-corrected chi connectivity index (χ1v) is 9.10. The van der Waals surface area contributed by atoms with E-state index in [0.29, 0.717) is 17.7 Å². The van der Waals surface area contributed by atoms with Gasteiger partial charge in [0.1, 0.15) is 0 Å². The van der Waals surface area contributed by atoms with Crippen molar-refractivity contribution >= 4 is 10.0 Å². The van der Waals surface area contributed by atoms with E-state index in [1.165, 1.54) is 0 Å². The zero-order valence-corrected chi connectivity index (χ0v) is 14.3. The summed E-state index contributed by atoms with van der Waals surface area (Å²) < 4.78 is 29.3. The minimum Gasteiger partial charge on any atom is -0.396 e. The van der Waals surface area contributed by atoms with Gasteiger partial charge in [0.2, 0.25) is 10.0 Å². The minimum atomic E-state index is -3.58. The highest BCUT2D eigenvalue weighted by Crippen LogP contribution is 2.16. The van der Waals surface area contributed by atoms with Crippen molar-refractivity contribution in [2.24, 2.45) is 13.0 Å². The number of benzene rings is 1. The molecule has 7 heteroatoms. The lowest BCUT2D eigenvalue weighted by Gasteiger charge is -2.15. The highest BCUT2D eigenvalue weighted by Gasteiger charge is 2.19. The molecule has 1 heterocycles. The van der Waals surface area contributed by atoms with Crippen molar-refractivity contribution in [1.29, 1.82) is 0 Å². The number of nitrogens with one attached hydrogen (secondary N) is 1. The summed E-state index contributed by atoms with van der Waals surface area (Å²) in [6.07, 6.45) is 4.81. The third kappa shape index (κ3) is 4.63. The predicted molar refractivity (Wildman–Crippen MR) is 88.5 cm³/mol. The Labute approximate surface area is 137 Å². The van der Waals surface area contributed by atoms with Gasteiger partial charge in [-0.05, 0) is 36.0 Å². The Morgan fingerprint density at radius 1 is 1.35 bits per heavy atom. The fraction of sp³-hybridized carbons (Fsp3) is 0.438. The maximum absolute atomic E-state index is 12.5. The van der Waals surface area contributed by atoms with Gasteiger partial charge < -0.3 is 5.11 Å². The van der Waals surface area contributed by atoms with Crippen LogP contribution < -0.4 is 4.72 Å². The molecule has 2 aromatic rings. The van der Waals surface area contributed by atoms with Gasteiger partial charge in [0.05, 0.1) is 11.1 Å². The van der Waals surface area contributed by atoms with Gasteiger partial charge in [0.25, 0.3) is 0 Å². The molecule has 0 aliphatic rings. The summed E-state index contributed by atoms with van der Waals surface area (Å²) in [5.74, 6) is -0.192. The molecule has 0 unspecified atom stereocenters. The Hall–Kier alpha value is -1.70. The van der Waals surface area contributed by atoms with E-state index in [1.54, 1.807) is 23.0 Å². The van der Waals surface area contributed by atoms with Gasteiger partial charge in [0, 0.05) is 26.4 Å². The summed E-state index contributed by atoms with van der Waals surface area (Å²) in [4.78, 5) is 0.306. The van der Waals surface area contributed by atoms with E-state index in [2.05, 4.69) is 9.82 Å². The topological polar surface area (TPSA) is 84.2 Å². The average molecular weight is 337 g/mol. The third-order valence-electron chi connectivity index (χ3n) is 3.75. The molecule has 0 aliphatic carbocycles. The predicted octanol–water partition coefficient (Wildman–Crippen LogP) is 1.11. The Bertz CT molecular complexity index is 741. The highest BCUT2D eigenvalue weighted by atomic mass is 32.2. The van der Waals surface area contributed by atoms with Crippen LogP contribution >= 0.6 is 0 Å². The summed E-state index contributed by atoms with van der Waals surface area (Å²) in [5.41, 5.74) is 1.76. The van der Waals surface area contributed by atoms with E-state index < -0.39 is 10.0 Å². The van der Waals surface area contributed by atoms with Gasteiger partial charge in [-0.1, -0.05) is 25.1 Å². The molecule has 0 fully saturated rings. The Kier molecular flexibility index (Phi) is 5.92. The van der Waals surface area contributed by atoms with E-state index in [-0.39, 0.29) is 19.1 Å². The van der Waals surface area contributed by atoms with Crippen LogP contribution in [0, 0.1) is 5.92 Å². The van der Waals surface area contributed by atoms with Crippen molar-refractivity contribution in [3.63, 3.8) is 0 Å². The second-order valence-corrected chi connectivity index (χ2v) is 7.32. The molecule has 2 rings (SSSR count). The van der Waals surface area contributed by atoms with Gasteiger partial charge >= 0.3 is 0 Å². The monoisotopic (exact) mass is 337 g/mol. The van der Waals surface area contributed by atoms with Gasteiger partial charge in [-0.25, -0.2) is 13.1 Å². The molecule has 2 N–H and O–H groups in total. The molecule has 1 aromatic heterocycles. The number of hydrogen-bond acceptors (Lipinski definition) is 4. The average Bonchev–Trinajstić information content (AvgIpc) is 2.96. The zero-order valence-electron chi connectivity index (χ0n) is 13.4. The standard InChI is InChI=1S/C16H23N3O3S/c1-3-15-6-4-5-7-16(15)23(21,22)18-10-14(12-20)8-13-9-17-19(2)11-13/h4-7,9,11,14,18,20H,3,8,10,12H2,1-2H3/t14-/m1/s1. The number of sulfonamides is 1. The molecular formula is C16H23N3O3S. The van der Waals surface area contributed by atoms with E-state index in [9.17, 15) is 13.5 Å². The lowest BCUT2D eigenvalue weighted by molar-refractivity contribution is 0.227. The van der Waals surface area contributed by atoms with Crippen LogP contribution in [0.5, 0.6) is 0 Å². The van der Waals surface area contributed by atoms with Crippen molar-refractivity contribution in [3.05, 3.63) is 47.8 Å². The summed E-state index contributed by atoms with van der Waals surface area (Å²) in [7, 11) is -1.76. The second kappa shape index (κ2) is 7.72. The third-order valence-corrected chi connectivity index (χ3v) is 5.27. The van der Waals surface area contributed by atoms with Crippen LogP contribution in [0.3, 0.4) is 0 Å². The number of aryl methyl sites for hydroxylation is 2. The molecule has 1 aromatic carbocycles. The lowest BCUT2D eigenvalue weighted by Crippen LogP contribution is -2.32. The van der Waals surface area contributed by atoms with Crippen LogP contribution in [0.15, 0.2) is 41.6 Å². The number of hydrogen-bond donors (Lipinski definition) is 2. The fourth-order valence-corrected chi connectivity index (χ4v) is 3.90. The lowest BCUT2D eigenvalue weighted by atomic mass is 10.0. The van der Waals surface area contributed by atoms with Crippen molar-refractivity contribution < 1.29 is 13.5 Å². The molecular weight excluding hydrogens is 314 g/mol. The van der Waals surface area contributed by atoms with Crippen LogP contribution in [-0.4, -0.2) is 36.5 Å². The van der Waals surface area contributed by atoms with E-state index >= 15 is 0 Å². The molecule has 0 amide bonds. The fourth-order valence-electron chi connectivity index (χ4n) is 2.48. The largest absolute Gasteiger partial charge is 0.396 e. The molecule has 0 aliphatic heterocycles. The zero-order chi connectivity index (χ0) is 16.9. The number of rotatable bonds is 8. The molecule has 126 valence electrons. The smallest absolute Gasteiger partial charge is 0.240 e. The van der Waals surface area contributed by atoms with Crippen molar-refractivity contribution in [2.45, 2.75) is 24.7 Å². The first kappa shape index (κ1) is 17.7. The summed E-state index contributed by atoms with van der Waals surface area (Å²) in [6, 6.07) is 6.97. The molecule has 0 spiro atoms. The highest BCUT2D eigenvalue weighted by molar-refractivity contribution is 7.89. The number of aromatic nitrogens is 2. The van der Waals surface area contributed by atoms with Crippen LogP contribution in [0.1, 0.15) is 18.1 Å². The molecule has 0 radical (unpaired) electrons. The van der Waals surface area contributed by atoms with Gasteiger partial charge in [-0.2, -0.15) is 5.10 Å². The Morgan fingerprint density at radius 2 is 2.09 bits per heavy atom. The van der Waals surface area contributed by atoms with Crippen LogP contribution in [0.4, 0.5) is 0 Å². The molecule has 23 heavy (non-hydrogen) atoms. The van der Waals surface area contributed by atoms with Gasteiger partial charge in [-0.3, -0.25) is 4.68 Å². The molecule has 0 bridgehead atoms. The summed E-state index contributed by atoms with van der Waals surface area (Å²) in [6.45, 7) is 2.02. The number of aliphatic hydroxyl groups is 1. The number of aliphatic hydroxyl groups excluding tert-OH is 1. The molecule has 0 saturated heterocycles. The Morgan fingerprint density at radius 3 is 2.70 bits per heavy atom. The van der Waals surface area contributed by atoms with Crippen molar-refractivity contribution in [3.8, 4) is 0 Å². The van der Waals surface area contributed by atoms with Crippen LogP contribution in [0.25, 0.3) is 0 Å². The van der Waals surface area contributed by atoms with Gasteiger partial charge in [-0.15, -0.1) is 0 Å². The molecule has 0 saturated carbocycles. The Balaban J connectivity index is 2.05. The van der Waals surface area contributed by atoms with Gasteiger partial charge in [0.15, 0.2) is 0 Å². The first-order valence-electron chi connectivity index (χ1n) is 7.62. The number of nitrogens with zero attached hydrogens (tertiary/aromatic N) is 2. The van der Waals surface area contributed by atoms with Crippen molar-refractivity contribution in [2.75, 3.05) is 13.2 Å². The van der Waals surface area contributed by atoms with E-state index in [0.717, 1.165) is 11.1 Å². The van der Waals surface area contributed by atoms with E-state index in [1.807, 2.05) is 32.3 Å². The van der Waals surface area contributed by atoms with E-state index in [4.69, 9.17) is 0 Å². The molecule has 1 atom stereocenters. The molecule has 6 nitrogen and oxygen atoms in total. The van der Waals surface area contributed by atoms with Crippen molar-refractivity contribution in [1.82, 2.24) is 14.5 Å². The normalized spacial score (nSPS) is 13.2. The SMILES string of the molecule is CCc1ccccc1S(=O)(=O)NC[C@H](CO)Cc1cnn(C)c1.